The Morgan fingerprint density at radius 3 is 2.36 bits per heavy atom. The van der Waals surface area contributed by atoms with Gasteiger partial charge in [0, 0.05) is 43.0 Å². The normalized spacial score (nSPS) is 15.1. The summed E-state index contributed by atoms with van der Waals surface area (Å²) < 4.78 is 7.53. The number of piperazine rings is 1. The van der Waals surface area contributed by atoms with Gasteiger partial charge in [0.2, 0.25) is 0 Å². The predicted octanol–water partition coefficient (Wildman–Crippen LogP) is 5.72. The first kappa shape index (κ1) is 23.7. The molecule has 3 aromatic rings. The zero-order valence-corrected chi connectivity index (χ0v) is 21.0. The number of hydrogen-bond acceptors (Lipinski definition) is 4. The van der Waals surface area contributed by atoms with E-state index >= 15 is 0 Å². The largest absolute Gasteiger partial charge is 0.497 e. The third-order valence-corrected chi connectivity index (χ3v) is 6.49. The number of rotatable bonds is 7. The van der Waals surface area contributed by atoms with Gasteiger partial charge in [-0.3, -0.25) is 9.58 Å². The number of nitrogens with zero attached hydrogens (tertiary/aromatic N) is 4. The number of aromatic nitrogens is 2. The Morgan fingerprint density at radius 1 is 0.970 bits per heavy atom. The van der Waals surface area contributed by atoms with Gasteiger partial charge in [-0.1, -0.05) is 29.8 Å². The molecule has 1 saturated heterocycles. The van der Waals surface area contributed by atoms with E-state index in [1.807, 2.05) is 18.2 Å². The highest BCUT2D eigenvalue weighted by molar-refractivity contribution is 6.30. The van der Waals surface area contributed by atoms with E-state index in [-0.39, 0.29) is 5.54 Å². The highest BCUT2D eigenvalue weighted by atomic mass is 35.5. The molecule has 176 valence electrons. The highest BCUT2D eigenvalue weighted by Crippen LogP contribution is 2.28. The third-order valence-electron chi connectivity index (χ3n) is 6.23. The van der Waals surface area contributed by atoms with E-state index in [9.17, 15) is 0 Å². The van der Waals surface area contributed by atoms with Crippen molar-refractivity contribution in [2.45, 2.75) is 39.2 Å². The molecule has 1 fully saturated rings. The van der Waals surface area contributed by atoms with Gasteiger partial charge in [-0.2, -0.15) is 5.10 Å². The Hall–Kier alpha value is -2.50. The van der Waals surface area contributed by atoms with E-state index in [2.05, 4.69) is 71.7 Å². The lowest BCUT2D eigenvalue weighted by Crippen LogP contribution is -2.46. The van der Waals surface area contributed by atoms with Crippen molar-refractivity contribution in [1.29, 1.82) is 0 Å². The minimum absolute atomic E-state index is 0.0797. The number of anilines is 1. The summed E-state index contributed by atoms with van der Waals surface area (Å²) in [6, 6.07) is 18.6. The molecule has 0 spiro atoms. The standard InChI is InChI=1S/C27H35ClN4O/c1-27(2,3)32-26(21-10-12-22(28)13-11-21)19-23(29-32)7-6-14-30-15-17-31(18-16-30)24-8-5-9-25(20-24)33-4/h5,8-13,19-20H,6-7,14-18H2,1-4H3. The van der Waals surface area contributed by atoms with Crippen LogP contribution >= 0.6 is 11.6 Å². The lowest BCUT2D eigenvalue weighted by atomic mass is 10.1. The molecule has 5 nitrogen and oxygen atoms in total. The Bertz CT molecular complexity index is 1050. The van der Waals surface area contributed by atoms with Gasteiger partial charge in [0.25, 0.3) is 0 Å². The molecule has 0 atom stereocenters. The van der Waals surface area contributed by atoms with Crippen LogP contribution in [-0.2, 0) is 12.0 Å². The van der Waals surface area contributed by atoms with Crippen molar-refractivity contribution >= 4 is 17.3 Å². The molecule has 2 heterocycles. The van der Waals surface area contributed by atoms with Crippen molar-refractivity contribution in [2.24, 2.45) is 0 Å². The van der Waals surface area contributed by atoms with Gasteiger partial charge in [-0.25, -0.2) is 0 Å². The number of aryl methyl sites for hydroxylation is 1. The molecule has 1 aromatic heterocycles. The number of halogens is 1. The van der Waals surface area contributed by atoms with Crippen LogP contribution < -0.4 is 9.64 Å². The van der Waals surface area contributed by atoms with E-state index in [0.717, 1.165) is 73.3 Å². The van der Waals surface area contributed by atoms with Crippen LogP contribution in [0.4, 0.5) is 5.69 Å². The minimum atomic E-state index is -0.0797. The lowest BCUT2D eigenvalue weighted by Gasteiger charge is -2.36. The molecular formula is C27H35ClN4O. The summed E-state index contributed by atoms with van der Waals surface area (Å²) in [6.07, 6.45) is 2.10. The highest BCUT2D eigenvalue weighted by Gasteiger charge is 2.21. The van der Waals surface area contributed by atoms with E-state index in [1.165, 1.54) is 5.69 Å². The second-order valence-corrected chi connectivity index (χ2v) is 10.2. The van der Waals surface area contributed by atoms with Crippen LogP contribution in [0.25, 0.3) is 11.3 Å². The predicted molar refractivity (Wildman–Crippen MR) is 138 cm³/mol. The van der Waals surface area contributed by atoms with Crippen molar-refractivity contribution in [3.05, 3.63) is 65.3 Å². The molecule has 6 heteroatoms. The molecular weight excluding hydrogens is 432 g/mol. The second-order valence-electron chi connectivity index (χ2n) is 9.74. The maximum Gasteiger partial charge on any atom is 0.120 e. The van der Waals surface area contributed by atoms with E-state index < -0.39 is 0 Å². The van der Waals surface area contributed by atoms with Crippen LogP contribution in [0.2, 0.25) is 5.02 Å². The van der Waals surface area contributed by atoms with Crippen LogP contribution in [0.15, 0.2) is 54.6 Å². The molecule has 0 aliphatic carbocycles. The maximum atomic E-state index is 6.10. The van der Waals surface area contributed by atoms with Crippen LogP contribution in [0.5, 0.6) is 5.75 Å². The molecule has 4 rings (SSSR count). The molecule has 0 N–H and O–H groups in total. The third kappa shape index (κ3) is 5.90. The molecule has 0 amide bonds. The van der Waals surface area contributed by atoms with E-state index in [0.29, 0.717) is 0 Å². The Labute approximate surface area is 202 Å². The van der Waals surface area contributed by atoms with Gasteiger partial charge in [0.05, 0.1) is 24.0 Å². The fourth-order valence-corrected chi connectivity index (χ4v) is 4.54. The average molecular weight is 467 g/mol. The average Bonchev–Trinajstić information content (AvgIpc) is 3.25. The monoisotopic (exact) mass is 466 g/mol. The quantitative estimate of drug-likeness (QED) is 0.445. The fourth-order valence-electron chi connectivity index (χ4n) is 4.41. The Balaban J connectivity index is 1.33. The number of benzene rings is 2. The summed E-state index contributed by atoms with van der Waals surface area (Å²) in [5.74, 6) is 0.919. The first-order chi connectivity index (χ1) is 15.8. The number of methoxy groups -OCH3 is 1. The topological polar surface area (TPSA) is 33.5 Å². The molecule has 1 aliphatic heterocycles. The molecule has 0 saturated carbocycles. The summed E-state index contributed by atoms with van der Waals surface area (Å²) in [7, 11) is 1.72. The van der Waals surface area contributed by atoms with Gasteiger partial charge >= 0.3 is 0 Å². The summed E-state index contributed by atoms with van der Waals surface area (Å²) in [4.78, 5) is 5.01. The smallest absolute Gasteiger partial charge is 0.120 e. The molecule has 0 radical (unpaired) electrons. The molecule has 1 aliphatic rings. The van der Waals surface area contributed by atoms with Crippen molar-refractivity contribution in [1.82, 2.24) is 14.7 Å². The summed E-state index contributed by atoms with van der Waals surface area (Å²) in [5.41, 5.74) is 4.63. The summed E-state index contributed by atoms with van der Waals surface area (Å²) in [5, 5.41) is 5.73. The van der Waals surface area contributed by atoms with Crippen molar-refractivity contribution < 1.29 is 4.74 Å². The van der Waals surface area contributed by atoms with Gasteiger partial charge in [0.1, 0.15) is 5.75 Å². The van der Waals surface area contributed by atoms with Crippen LogP contribution in [0.1, 0.15) is 32.9 Å². The summed E-state index contributed by atoms with van der Waals surface area (Å²) in [6.45, 7) is 12.0. The molecule has 0 bridgehead atoms. The molecule has 33 heavy (non-hydrogen) atoms. The molecule has 0 unspecified atom stereocenters. The van der Waals surface area contributed by atoms with Gasteiger partial charge in [-0.15, -0.1) is 0 Å². The lowest BCUT2D eigenvalue weighted by molar-refractivity contribution is 0.254. The van der Waals surface area contributed by atoms with E-state index in [1.54, 1.807) is 7.11 Å². The first-order valence-electron chi connectivity index (χ1n) is 11.8. The summed E-state index contributed by atoms with van der Waals surface area (Å²) >= 11 is 6.10. The van der Waals surface area contributed by atoms with E-state index in [4.69, 9.17) is 21.4 Å². The maximum absolute atomic E-state index is 6.10. The molecule has 2 aromatic carbocycles. The van der Waals surface area contributed by atoms with Gasteiger partial charge in [0.15, 0.2) is 0 Å². The fraction of sp³-hybridized carbons (Fsp3) is 0.444. The minimum Gasteiger partial charge on any atom is -0.497 e. The number of hydrogen-bond donors (Lipinski definition) is 0. The van der Waals surface area contributed by atoms with Crippen molar-refractivity contribution in [3.63, 3.8) is 0 Å². The number of ether oxygens (including phenoxy) is 1. The van der Waals surface area contributed by atoms with Gasteiger partial charge < -0.3 is 9.64 Å². The van der Waals surface area contributed by atoms with Gasteiger partial charge in [-0.05, 0) is 76.1 Å². The zero-order chi connectivity index (χ0) is 23.4. The van der Waals surface area contributed by atoms with Crippen molar-refractivity contribution in [2.75, 3.05) is 44.7 Å². The van der Waals surface area contributed by atoms with Crippen LogP contribution in [0, 0.1) is 0 Å². The SMILES string of the molecule is COc1cccc(N2CCN(CCCc3cc(-c4ccc(Cl)cc4)n(C(C)(C)C)n3)CC2)c1. The second kappa shape index (κ2) is 10.2. The Kier molecular flexibility index (Phi) is 7.30. The Morgan fingerprint density at radius 2 is 1.70 bits per heavy atom. The van der Waals surface area contributed by atoms with Crippen LogP contribution in [0.3, 0.4) is 0 Å². The first-order valence-corrected chi connectivity index (χ1v) is 12.2. The zero-order valence-electron chi connectivity index (χ0n) is 20.2. The van der Waals surface area contributed by atoms with Crippen LogP contribution in [-0.4, -0.2) is 54.5 Å². The van der Waals surface area contributed by atoms with Crippen molar-refractivity contribution in [3.8, 4) is 17.0 Å².